The largest absolute Gasteiger partial charge is 0.478 e. The number of rotatable bonds is 4. The summed E-state index contributed by atoms with van der Waals surface area (Å²) in [5.74, 6) is -1.04. The number of aromatic carboxylic acids is 1. The fourth-order valence-corrected chi connectivity index (χ4v) is 1.68. The van der Waals surface area contributed by atoms with Gasteiger partial charge in [0.1, 0.15) is 6.10 Å². The standard InChI is InChI=1S/C10H11ClO4S/c11-7-3-5(9(13)8(12)4-16)1-2-6(7)10(14)15/h1-3,8-9,12-13,16H,4H2,(H,14,15). The topological polar surface area (TPSA) is 77.8 Å². The second kappa shape index (κ2) is 5.54. The van der Waals surface area contributed by atoms with E-state index in [4.69, 9.17) is 16.7 Å². The molecule has 6 heteroatoms. The molecule has 0 amide bonds. The molecule has 0 saturated heterocycles. The molecule has 0 aromatic heterocycles. The van der Waals surface area contributed by atoms with E-state index in [1.165, 1.54) is 18.2 Å². The number of hydrogen-bond acceptors (Lipinski definition) is 4. The number of carboxylic acid groups (broad SMARTS) is 1. The number of aliphatic hydroxyl groups is 2. The zero-order valence-electron chi connectivity index (χ0n) is 8.17. The number of thiol groups is 1. The molecule has 4 nitrogen and oxygen atoms in total. The summed E-state index contributed by atoms with van der Waals surface area (Å²) in [5, 5.41) is 27.8. The van der Waals surface area contributed by atoms with E-state index < -0.39 is 18.2 Å². The minimum absolute atomic E-state index is 0.0235. The lowest BCUT2D eigenvalue weighted by atomic mass is 10.0. The zero-order valence-corrected chi connectivity index (χ0v) is 9.82. The van der Waals surface area contributed by atoms with Crippen LogP contribution in [0.15, 0.2) is 18.2 Å². The van der Waals surface area contributed by atoms with E-state index in [9.17, 15) is 15.0 Å². The van der Waals surface area contributed by atoms with Crippen molar-refractivity contribution in [2.24, 2.45) is 0 Å². The summed E-state index contributed by atoms with van der Waals surface area (Å²) in [7, 11) is 0. The first kappa shape index (κ1) is 13.3. The Morgan fingerprint density at radius 2 is 2.06 bits per heavy atom. The van der Waals surface area contributed by atoms with Crippen molar-refractivity contribution in [1.82, 2.24) is 0 Å². The summed E-state index contributed by atoms with van der Waals surface area (Å²) < 4.78 is 0. The first-order valence-electron chi connectivity index (χ1n) is 4.47. The summed E-state index contributed by atoms with van der Waals surface area (Å²) in [5.41, 5.74) is 0.314. The lowest BCUT2D eigenvalue weighted by Gasteiger charge is -2.16. The molecule has 0 bridgehead atoms. The molecule has 16 heavy (non-hydrogen) atoms. The van der Waals surface area contributed by atoms with Gasteiger partial charge in [-0.15, -0.1) is 0 Å². The van der Waals surface area contributed by atoms with Crippen LogP contribution in [-0.2, 0) is 0 Å². The summed E-state index contributed by atoms with van der Waals surface area (Å²) in [4.78, 5) is 10.7. The van der Waals surface area contributed by atoms with Crippen molar-refractivity contribution in [1.29, 1.82) is 0 Å². The Kier molecular flexibility index (Phi) is 4.61. The molecule has 88 valence electrons. The molecular formula is C10H11ClO4S. The van der Waals surface area contributed by atoms with Crippen molar-refractivity contribution in [2.45, 2.75) is 12.2 Å². The predicted octanol–water partition coefficient (Wildman–Crippen LogP) is 1.36. The van der Waals surface area contributed by atoms with Crippen LogP contribution in [0.3, 0.4) is 0 Å². The van der Waals surface area contributed by atoms with Crippen LogP contribution in [0.5, 0.6) is 0 Å². The van der Waals surface area contributed by atoms with Crippen LogP contribution in [0, 0.1) is 0 Å². The van der Waals surface area contributed by atoms with Crippen molar-refractivity contribution in [2.75, 3.05) is 5.75 Å². The third-order valence-corrected chi connectivity index (χ3v) is 2.80. The maximum Gasteiger partial charge on any atom is 0.337 e. The molecule has 0 aliphatic carbocycles. The van der Waals surface area contributed by atoms with Gasteiger partial charge in [-0.25, -0.2) is 4.79 Å². The van der Waals surface area contributed by atoms with Crippen molar-refractivity contribution in [3.63, 3.8) is 0 Å². The van der Waals surface area contributed by atoms with Crippen LogP contribution in [-0.4, -0.2) is 33.1 Å². The highest BCUT2D eigenvalue weighted by molar-refractivity contribution is 7.80. The lowest BCUT2D eigenvalue weighted by molar-refractivity contribution is 0.0337. The summed E-state index contributed by atoms with van der Waals surface area (Å²) >= 11 is 9.57. The number of carbonyl (C=O) groups is 1. The first-order valence-corrected chi connectivity index (χ1v) is 5.48. The average Bonchev–Trinajstić information content (AvgIpc) is 2.26. The number of hydrogen-bond donors (Lipinski definition) is 4. The van der Waals surface area contributed by atoms with Crippen LogP contribution in [0.1, 0.15) is 22.0 Å². The van der Waals surface area contributed by atoms with Crippen LogP contribution >= 0.6 is 24.2 Å². The number of halogens is 1. The highest BCUT2D eigenvalue weighted by Gasteiger charge is 2.18. The number of carboxylic acids is 1. The van der Waals surface area contributed by atoms with Gasteiger partial charge in [-0.3, -0.25) is 0 Å². The lowest BCUT2D eigenvalue weighted by Crippen LogP contribution is -2.19. The van der Waals surface area contributed by atoms with E-state index in [1.807, 2.05) is 0 Å². The van der Waals surface area contributed by atoms with Gasteiger partial charge >= 0.3 is 5.97 Å². The maximum atomic E-state index is 10.7. The SMILES string of the molecule is O=C(O)c1ccc(C(O)C(O)CS)cc1Cl. The van der Waals surface area contributed by atoms with E-state index in [0.29, 0.717) is 5.56 Å². The highest BCUT2D eigenvalue weighted by Crippen LogP contribution is 2.24. The van der Waals surface area contributed by atoms with Gasteiger partial charge in [-0.2, -0.15) is 12.6 Å². The van der Waals surface area contributed by atoms with Crippen molar-refractivity contribution in [3.05, 3.63) is 34.3 Å². The summed E-state index contributed by atoms with van der Waals surface area (Å²) in [6.45, 7) is 0. The molecular weight excluding hydrogens is 252 g/mol. The Hall–Kier alpha value is -0.750. The van der Waals surface area contributed by atoms with Crippen molar-refractivity contribution >= 4 is 30.2 Å². The Bertz CT molecular complexity index is 396. The quantitative estimate of drug-likeness (QED) is 0.618. The first-order chi connectivity index (χ1) is 7.47. The van der Waals surface area contributed by atoms with Gasteiger partial charge in [-0.1, -0.05) is 17.7 Å². The Morgan fingerprint density at radius 3 is 2.50 bits per heavy atom. The minimum atomic E-state index is -1.14. The Morgan fingerprint density at radius 1 is 1.44 bits per heavy atom. The van der Waals surface area contributed by atoms with Crippen LogP contribution in [0.25, 0.3) is 0 Å². The third kappa shape index (κ3) is 2.89. The molecule has 1 rings (SSSR count). The fraction of sp³-hybridized carbons (Fsp3) is 0.300. The van der Waals surface area contributed by atoms with Crippen LogP contribution in [0.4, 0.5) is 0 Å². The molecule has 0 fully saturated rings. The molecule has 0 heterocycles. The Labute approximate surface area is 103 Å². The van der Waals surface area contributed by atoms with E-state index in [2.05, 4.69) is 12.6 Å². The van der Waals surface area contributed by atoms with Crippen molar-refractivity contribution in [3.8, 4) is 0 Å². The molecule has 2 atom stereocenters. The molecule has 0 spiro atoms. The smallest absolute Gasteiger partial charge is 0.337 e. The average molecular weight is 263 g/mol. The van der Waals surface area contributed by atoms with Gasteiger partial charge in [0.05, 0.1) is 16.7 Å². The van der Waals surface area contributed by atoms with Gasteiger partial charge in [-0.05, 0) is 17.7 Å². The van der Waals surface area contributed by atoms with E-state index in [0.717, 1.165) is 0 Å². The van der Waals surface area contributed by atoms with Gasteiger partial charge in [0.15, 0.2) is 0 Å². The van der Waals surface area contributed by atoms with Gasteiger partial charge in [0.2, 0.25) is 0 Å². The predicted molar refractivity (Wildman–Crippen MR) is 63.2 cm³/mol. The molecule has 1 aromatic rings. The van der Waals surface area contributed by atoms with Gasteiger partial charge in [0.25, 0.3) is 0 Å². The summed E-state index contributed by atoms with van der Waals surface area (Å²) in [6.07, 6.45) is -2.15. The summed E-state index contributed by atoms with van der Waals surface area (Å²) in [6, 6.07) is 4.02. The zero-order chi connectivity index (χ0) is 12.3. The normalized spacial score (nSPS) is 14.5. The third-order valence-electron chi connectivity index (χ3n) is 2.12. The van der Waals surface area contributed by atoms with E-state index >= 15 is 0 Å². The maximum absolute atomic E-state index is 10.7. The van der Waals surface area contributed by atoms with E-state index in [-0.39, 0.29) is 16.3 Å². The highest BCUT2D eigenvalue weighted by atomic mass is 35.5. The molecule has 1 aromatic carbocycles. The van der Waals surface area contributed by atoms with Gasteiger partial charge in [0, 0.05) is 5.75 Å². The van der Waals surface area contributed by atoms with Crippen LogP contribution < -0.4 is 0 Å². The second-order valence-corrected chi connectivity index (χ2v) is 4.01. The van der Waals surface area contributed by atoms with Crippen LogP contribution in [0.2, 0.25) is 5.02 Å². The molecule has 0 aliphatic heterocycles. The second-order valence-electron chi connectivity index (χ2n) is 3.24. The minimum Gasteiger partial charge on any atom is -0.478 e. The number of benzene rings is 1. The molecule has 2 unspecified atom stereocenters. The number of aliphatic hydroxyl groups excluding tert-OH is 2. The molecule has 3 N–H and O–H groups in total. The van der Waals surface area contributed by atoms with Gasteiger partial charge < -0.3 is 15.3 Å². The van der Waals surface area contributed by atoms with E-state index in [1.54, 1.807) is 0 Å². The van der Waals surface area contributed by atoms with Crippen molar-refractivity contribution < 1.29 is 20.1 Å². The Balaban J connectivity index is 3.01. The monoisotopic (exact) mass is 262 g/mol. The molecule has 0 saturated carbocycles. The molecule has 0 radical (unpaired) electrons. The fourth-order valence-electron chi connectivity index (χ4n) is 1.21. The molecule has 0 aliphatic rings.